The number of amides is 3. The number of nitrogens with zero attached hydrogens (tertiary/aromatic N) is 1. The quantitative estimate of drug-likeness (QED) is 0.0986. The largest absolute Gasteiger partial charge is 0.378 e. The molecule has 0 saturated carbocycles. The molecule has 0 saturated heterocycles. The molecule has 0 spiro atoms. The third-order valence-corrected chi connectivity index (χ3v) is 8.86. The van der Waals surface area contributed by atoms with Crippen LogP contribution in [0.4, 0.5) is 17.1 Å². The van der Waals surface area contributed by atoms with Crippen molar-refractivity contribution in [3.63, 3.8) is 0 Å². The Labute approximate surface area is 286 Å². The Morgan fingerprint density at radius 3 is 2.00 bits per heavy atom. The van der Waals surface area contributed by atoms with Crippen LogP contribution >= 0.6 is 11.8 Å². The third kappa shape index (κ3) is 9.02. The number of benzene rings is 5. The van der Waals surface area contributed by atoms with E-state index in [1.165, 1.54) is 11.8 Å². The van der Waals surface area contributed by atoms with Gasteiger partial charge in [0.15, 0.2) is 0 Å². The van der Waals surface area contributed by atoms with Crippen LogP contribution in [0.3, 0.4) is 0 Å². The van der Waals surface area contributed by atoms with Crippen molar-refractivity contribution in [2.24, 2.45) is 0 Å². The van der Waals surface area contributed by atoms with Crippen LogP contribution in [0.25, 0.3) is 6.08 Å². The smallest absolute Gasteiger partial charge is 0.272 e. The van der Waals surface area contributed by atoms with E-state index in [0.717, 1.165) is 38.5 Å². The van der Waals surface area contributed by atoms with Gasteiger partial charge in [-0.25, -0.2) is 0 Å². The van der Waals surface area contributed by atoms with Gasteiger partial charge < -0.3 is 20.9 Å². The Balaban J connectivity index is 1.33. The van der Waals surface area contributed by atoms with Gasteiger partial charge in [0.05, 0.1) is 0 Å². The lowest BCUT2D eigenvalue weighted by molar-refractivity contribution is -0.116. The molecule has 242 valence electrons. The van der Waals surface area contributed by atoms with Crippen molar-refractivity contribution < 1.29 is 14.4 Å². The number of rotatable bonds is 11. The Morgan fingerprint density at radius 1 is 0.729 bits per heavy atom. The lowest BCUT2D eigenvalue weighted by atomic mass is 10.1. The molecule has 5 aromatic rings. The first-order chi connectivity index (χ1) is 23.2. The first-order valence-corrected chi connectivity index (χ1v) is 16.4. The zero-order valence-electron chi connectivity index (χ0n) is 27.4. The van der Waals surface area contributed by atoms with Crippen molar-refractivity contribution >= 4 is 52.6 Å². The fourth-order valence-electron chi connectivity index (χ4n) is 4.98. The van der Waals surface area contributed by atoms with Gasteiger partial charge in [-0.05, 0) is 91.2 Å². The van der Waals surface area contributed by atoms with Crippen molar-refractivity contribution in [3.8, 4) is 0 Å². The number of hydrogen-bond donors (Lipinski definition) is 3. The molecule has 3 amide bonds. The first-order valence-electron chi connectivity index (χ1n) is 15.5. The molecule has 0 aliphatic rings. The number of aryl methyl sites for hydroxylation is 2. The number of carbonyl (C=O) groups excluding carboxylic acids is 3. The summed E-state index contributed by atoms with van der Waals surface area (Å²) >= 11 is 1.43. The van der Waals surface area contributed by atoms with E-state index in [0.29, 0.717) is 11.3 Å². The number of hydrogen-bond acceptors (Lipinski definition) is 5. The molecule has 3 N–H and O–H groups in total. The van der Waals surface area contributed by atoms with E-state index in [1.807, 2.05) is 124 Å². The second-order valence-corrected chi connectivity index (χ2v) is 12.7. The average Bonchev–Trinajstić information content (AvgIpc) is 3.09. The fourth-order valence-corrected chi connectivity index (χ4v) is 6.01. The minimum absolute atomic E-state index is 0.104. The molecule has 0 aliphatic heterocycles. The standard InChI is InChI=1S/C40H38N4O3S/c1-27-15-24-35(28(2)25-27)42-40(47)37(30-11-7-5-8-12-30)48-34-22-18-32(19-23-34)41-39(46)36(43-38(45)31-13-9-6-10-14-31)26-29-16-20-33(21-17-29)44(3)4/h5-26,37H,1-4H3,(H,41,46)(H,42,47)(H,43,45)/b36-26-. The maximum absolute atomic E-state index is 13.6. The zero-order valence-corrected chi connectivity index (χ0v) is 28.2. The van der Waals surface area contributed by atoms with E-state index in [2.05, 4.69) is 16.0 Å². The normalized spacial score (nSPS) is 11.7. The van der Waals surface area contributed by atoms with Crippen LogP contribution in [-0.2, 0) is 9.59 Å². The highest BCUT2D eigenvalue weighted by molar-refractivity contribution is 8.00. The van der Waals surface area contributed by atoms with Crippen molar-refractivity contribution in [2.75, 3.05) is 29.6 Å². The minimum Gasteiger partial charge on any atom is -0.378 e. The number of carbonyl (C=O) groups is 3. The molecule has 48 heavy (non-hydrogen) atoms. The summed E-state index contributed by atoms with van der Waals surface area (Å²) in [7, 11) is 3.91. The summed E-state index contributed by atoms with van der Waals surface area (Å²) in [5.74, 6) is -0.982. The summed E-state index contributed by atoms with van der Waals surface area (Å²) in [6.07, 6.45) is 1.65. The molecule has 0 heterocycles. The van der Waals surface area contributed by atoms with Crippen molar-refractivity contribution in [2.45, 2.75) is 24.0 Å². The Hall–Kier alpha value is -5.60. The van der Waals surface area contributed by atoms with Gasteiger partial charge in [0.1, 0.15) is 10.9 Å². The molecule has 0 aromatic heterocycles. The lowest BCUT2D eigenvalue weighted by Gasteiger charge is -2.18. The second-order valence-electron chi connectivity index (χ2n) is 11.6. The fraction of sp³-hybridized carbons (Fsp3) is 0.125. The molecular formula is C40H38N4O3S. The third-order valence-electron chi connectivity index (χ3n) is 7.60. The zero-order chi connectivity index (χ0) is 34.0. The van der Waals surface area contributed by atoms with Gasteiger partial charge in [-0.3, -0.25) is 14.4 Å². The van der Waals surface area contributed by atoms with Crippen molar-refractivity contribution in [1.82, 2.24) is 5.32 Å². The van der Waals surface area contributed by atoms with E-state index in [1.54, 1.807) is 42.5 Å². The van der Waals surface area contributed by atoms with Crippen LogP contribution in [0.1, 0.15) is 37.9 Å². The van der Waals surface area contributed by atoms with E-state index in [4.69, 9.17) is 0 Å². The minimum atomic E-state index is -0.506. The highest BCUT2D eigenvalue weighted by Gasteiger charge is 2.23. The maximum Gasteiger partial charge on any atom is 0.272 e. The summed E-state index contributed by atoms with van der Waals surface area (Å²) < 4.78 is 0. The molecule has 0 bridgehead atoms. The van der Waals surface area contributed by atoms with E-state index in [9.17, 15) is 14.4 Å². The summed E-state index contributed by atoms with van der Waals surface area (Å²) in [4.78, 5) is 43.0. The summed E-state index contributed by atoms with van der Waals surface area (Å²) in [6.45, 7) is 4.00. The van der Waals surface area contributed by atoms with Crippen molar-refractivity contribution in [3.05, 3.63) is 161 Å². The number of nitrogens with one attached hydrogen (secondary N) is 3. The molecule has 7 nitrogen and oxygen atoms in total. The molecule has 0 radical (unpaired) electrons. The van der Waals surface area contributed by atoms with Crippen molar-refractivity contribution in [1.29, 1.82) is 0 Å². The molecule has 0 aliphatic carbocycles. The summed E-state index contributed by atoms with van der Waals surface area (Å²) in [5.41, 5.74) is 6.65. The van der Waals surface area contributed by atoms with Crippen LogP contribution in [0, 0.1) is 13.8 Å². The molecule has 1 atom stereocenters. The van der Waals surface area contributed by atoms with Gasteiger partial charge in [-0.1, -0.05) is 78.4 Å². The molecule has 8 heteroatoms. The first kappa shape index (κ1) is 33.8. The lowest BCUT2D eigenvalue weighted by Crippen LogP contribution is -2.30. The predicted octanol–water partition coefficient (Wildman–Crippen LogP) is 8.25. The molecule has 5 rings (SSSR count). The highest BCUT2D eigenvalue weighted by Crippen LogP contribution is 2.37. The Morgan fingerprint density at radius 2 is 1.38 bits per heavy atom. The van der Waals surface area contributed by atoms with Gasteiger partial charge >= 0.3 is 0 Å². The Bertz CT molecular complexity index is 1910. The van der Waals surface area contributed by atoms with E-state index >= 15 is 0 Å². The topological polar surface area (TPSA) is 90.5 Å². The van der Waals surface area contributed by atoms with Crippen LogP contribution in [-0.4, -0.2) is 31.8 Å². The van der Waals surface area contributed by atoms with Crippen LogP contribution in [0.2, 0.25) is 0 Å². The SMILES string of the molecule is Cc1ccc(NC(=O)C(Sc2ccc(NC(=O)/C(=C/c3ccc(N(C)C)cc3)NC(=O)c3ccccc3)cc2)c2ccccc2)c(C)c1. The van der Waals surface area contributed by atoms with Gasteiger partial charge in [-0.15, -0.1) is 11.8 Å². The van der Waals surface area contributed by atoms with Crippen LogP contribution in [0.15, 0.2) is 138 Å². The van der Waals surface area contributed by atoms with Gasteiger partial charge in [0, 0.05) is 41.6 Å². The molecule has 5 aromatic carbocycles. The van der Waals surface area contributed by atoms with Crippen LogP contribution < -0.4 is 20.9 Å². The van der Waals surface area contributed by atoms with E-state index in [-0.39, 0.29) is 17.5 Å². The monoisotopic (exact) mass is 654 g/mol. The van der Waals surface area contributed by atoms with E-state index < -0.39 is 11.2 Å². The number of anilines is 3. The number of thioether (sulfide) groups is 1. The average molecular weight is 655 g/mol. The van der Waals surface area contributed by atoms with Gasteiger partial charge in [-0.2, -0.15) is 0 Å². The molecule has 1 unspecified atom stereocenters. The predicted molar refractivity (Wildman–Crippen MR) is 197 cm³/mol. The summed E-state index contributed by atoms with van der Waals surface area (Å²) in [6, 6.07) is 39.3. The van der Waals surface area contributed by atoms with Crippen LogP contribution in [0.5, 0.6) is 0 Å². The molecular weight excluding hydrogens is 617 g/mol. The van der Waals surface area contributed by atoms with Gasteiger partial charge in [0.2, 0.25) is 5.91 Å². The molecule has 0 fully saturated rings. The van der Waals surface area contributed by atoms with Gasteiger partial charge in [0.25, 0.3) is 11.8 Å². The Kier molecular flexibility index (Phi) is 11.1. The maximum atomic E-state index is 13.6. The highest BCUT2D eigenvalue weighted by atomic mass is 32.2. The second kappa shape index (κ2) is 15.8. The summed E-state index contributed by atoms with van der Waals surface area (Å²) in [5, 5.41) is 8.29.